The van der Waals surface area contributed by atoms with Crippen molar-refractivity contribution in [3.63, 3.8) is 0 Å². The molecule has 0 aromatic heterocycles. The number of hydrogen-bond acceptors (Lipinski definition) is 3. The van der Waals surface area contributed by atoms with Crippen LogP contribution in [0.2, 0.25) is 0 Å². The highest BCUT2D eigenvalue weighted by Crippen LogP contribution is 2.21. The summed E-state index contributed by atoms with van der Waals surface area (Å²) in [5.41, 5.74) is 0.942. The van der Waals surface area contributed by atoms with E-state index in [0.717, 1.165) is 10.5 Å². The van der Waals surface area contributed by atoms with Crippen LogP contribution in [0.1, 0.15) is 12.0 Å². The van der Waals surface area contributed by atoms with Gasteiger partial charge in [0.05, 0.1) is 22.1 Å². The Hall–Kier alpha value is -2.40. The van der Waals surface area contributed by atoms with Crippen molar-refractivity contribution < 1.29 is 13.7 Å². The fourth-order valence-corrected chi connectivity index (χ4v) is 3.97. The van der Waals surface area contributed by atoms with Gasteiger partial charge < -0.3 is 10.1 Å². The number of benzene rings is 2. The zero-order chi connectivity index (χ0) is 16.8. The fourth-order valence-electron chi connectivity index (χ4n) is 2.58. The van der Waals surface area contributed by atoms with Crippen molar-refractivity contribution in [2.24, 2.45) is 0 Å². The van der Waals surface area contributed by atoms with Crippen LogP contribution >= 0.6 is 0 Å². The molecular weight excluding hydrogens is 322 g/mol. The van der Waals surface area contributed by atoms with Gasteiger partial charge in [0, 0.05) is 4.90 Å². The van der Waals surface area contributed by atoms with Crippen LogP contribution in [-0.4, -0.2) is 21.6 Å². The van der Waals surface area contributed by atoms with E-state index in [-0.39, 0.29) is 17.9 Å². The summed E-state index contributed by atoms with van der Waals surface area (Å²) in [5, 5.41) is 2.71. The maximum absolute atomic E-state index is 12.5. The van der Waals surface area contributed by atoms with Gasteiger partial charge in [-0.3, -0.25) is 4.21 Å². The second-order valence-corrected chi connectivity index (χ2v) is 7.25. The predicted molar refractivity (Wildman–Crippen MR) is 93.9 cm³/mol. The lowest BCUT2D eigenvalue weighted by Crippen LogP contribution is -2.34. The van der Waals surface area contributed by atoms with Crippen molar-refractivity contribution >= 4 is 16.9 Å². The van der Waals surface area contributed by atoms with E-state index in [4.69, 9.17) is 4.74 Å². The van der Waals surface area contributed by atoms with E-state index in [1.807, 2.05) is 72.8 Å². The molecule has 24 heavy (non-hydrogen) atoms. The summed E-state index contributed by atoms with van der Waals surface area (Å²) in [6, 6.07) is 18.8. The van der Waals surface area contributed by atoms with Crippen LogP contribution in [0.4, 0.5) is 4.79 Å². The summed E-state index contributed by atoms with van der Waals surface area (Å²) in [4.78, 5) is 12.7. The van der Waals surface area contributed by atoms with Crippen LogP contribution < -0.4 is 5.32 Å². The van der Waals surface area contributed by atoms with Gasteiger partial charge in [0.25, 0.3) is 0 Å². The molecule has 3 rings (SSSR count). The van der Waals surface area contributed by atoms with Gasteiger partial charge in [-0.2, -0.15) is 0 Å². The molecular formula is C19H19NO3S. The highest BCUT2D eigenvalue weighted by atomic mass is 32.2. The van der Waals surface area contributed by atoms with Gasteiger partial charge in [0.15, 0.2) is 0 Å². The average molecular weight is 341 g/mol. The Morgan fingerprint density at radius 1 is 1.04 bits per heavy atom. The van der Waals surface area contributed by atoms with E-state index in [1.165, 1.54) is 0 Å². The first-order valence-corrected chi connectivity index (χ1v) is 9.05. The van der Waals surface area contributed by atoms with Crippen LogP contribution in [0.15, 0.2) is 77.7 Å². The van der Waals surface area contributed by atoms with Crippen molar-refractivity contribution in [1.82, 2.24) is 5.32 Å². The molecule has 1 aliphatic carbocycles. The molecule has 0 spiro atoms. The van der Waals surface area contributed by atoms with Gasteiger partial charge in [-0.15, -0.1) is 0 Å². The minimum absolute atomic E-state index is 0.0909. The van der Waals surface area contributed by atoms with Gasteiger partial charge in [0.2, 0.25) is 0 Å². The van der Waals surface area contributed by atoms with E-state index >= 15 is 0 Å². The molecule has 4 nitrogen and oxygen atoms in total. The molecule has 0 fully saturated rings. The highest BCUT2D eigenvalue weighted by Gasteiger charge is 2.26. The number of alkyl carbamates (subject to hydrolysis) is 1. The van der Waals surface area contributed by atoms with Crippen LogP contribution in [0.5, 0.6) is 0 Å². The number of ether oxygens (including phenoxy) is 1. The second-order valence-electron chi connectivity index (χ2n) is 5.58. The Bertz CT molecular complexity index is 731. The second kappa shape index (κ2) is 7.93. The smallest absolute Gasteiger partial charge is 0.407 e. The summed E-state index contributed by atoms with van der Waals surface area (Å²) < 4.78 is 17.7. The molecule has 5 heteroatoms. The molecule has 0 saturated carbocycles. The monoisotopic (exact) mass is 341 g/mol. The van der Waals surface area contributed by atoms with Crippen molar-refractivity contribution in [3.8, 4) is 0 Å². The zero-order valence-corrected chi connectivity index (χ0v) is 13.9. The topological polar surface area (TPSA) is 55.4 Å². The SMILES string of the molecule is O=C(N[C@@H]1C=C[C@H](S(=O)c2ccccc2)C1)OCc1ccccc1. The van der Waals surface area contributed by atoms with Crippen LogP contribution in [0.25, 0.3) is 0 Å². The molecule has 1 unspecified atom stereocenters. The number of nitrogens with one attached hydrogen (secondary N) is 1. The van der Waals surface area contributed by atoms with Crippen molar-refractivity contribution in [2.45, 2.75) is 29.2 Å². The quantitative estimate of drug-likeness (QED) is 0.848. The summed E-state index contributed by atoms with van der Waals surface area (Å²) >= 11 is 0. The fraction of sp³-hybridized carbons (Fsp3) is 0.211. The Labute approximate surface area is 144 Å². The number of amides is 1. The minimum atomic E-state index is -1.11. The maximum atomic E-state index is 12.5. The average Bonchev–Trinajstić information content (AvgIpc) is 3.09. The van der Waals surface area contributed by atoms with Gasteiger partial charge >= 0.3 is 6.09 Å². The number of carbonyl (C=O) groups is 1. The van der Waals surface area contributed by atoms with Crippen molar-refractivity contribution in [1.29, 1.82) is 0 Å². The Morgan fingerprint density at radius 2 is 1.71 bits per heavy atom. The predicted octanol–water partition coefficient (Wildman–Crippen LogP) is 3.42. The van der Waals surface area contributed by atoms with E-state index < -0.39 is 16.9 Å². The summed E-state index contributed by atoms with van der Waals surface area (Å²) in [7, 11) is -1.11. The lowest BCUT2D eigenvalue weighted by atomic mass is 10.2. The van der Waals surface area contributed by atoms with E-state index in [1.54, 1.807) is 0 Å². The summed E-state index contributed by atoms with van der Waals surface area (Å²) in [6.45, 7) is 0.239. The van der Waals surface area contributed by atoms with Gasteiger partial charge in [-0.05, 0) is 24.1 Å². The number of carbonyl (C=O) groups excluding carboxylic acids is 1. The van der Waals surface area contributed by atoms with Crippen molar-refractivity contribution in [2.75, 3.05) is 0 Å². The molecule has 1 amide bonds. The Kier molecular flexibility index (Phi) is 5.43. The lowest BCUT2D eigenvalue weighted by molar-refractivity contribution is 0.137. The molecule has 1 aliphatic rings. The van der Waals surface area contributed by atoms with Gasteiger partial charge in [-0.1, -0.05) is 60.7 Å². The summed E-state index contributed by atoms with van der Waals surface area (Å²) in [5.74, 6) is 0. The first-order chi connectivity index (χ1) is 11.7. The van der Waals surface area contributed by atoms with E-state index in [0.29, 0.717) is 6.42 Å². The molecule has 0 bridgehead atoms. The number of hydrogen-bond donors (Lipinski definition) is 1. The molecule has 0 saturated heterocycles. The molecule has 0 heterocycles. The Morgan fingerprint density at radius 3 is 2.42 bits per heavy atom. The van der Waals surface area contributed by atoms with Gasteiger partial charge in [0.1, 0.15) is 6.61 Å². The first kappa shape index (κ1) is 16.5. The van der Waals surface area contributed by atoms with Crippen LogP contribution in [0.3, 0.4) is 0 Å². The third-order valence-corrected chi connectivity index (χ3v) is 5.45. The summed E-state index contributed by atoms with van der Waals surface area (Å²) in [6.07, 6.45) is 3.95. The van der Waals surface area contributed by atoms with E-state index in [2.05, 4.69) is 5.32 Å². The zero-order valence-electron chi connectivity index (χ0n) is 13.1. The Balaban J connectivity index is 1.47. The number of rotatable bonds is 5. The van der Waals surface area contributed by atoms with Crippen molar-refractivity contribution in [3.05, 3.63) is 78.4 Å². The first-order valence-electron chi connectivity index (χ1n) is 7.83. The third kappa shape index (κ3) is 4.32. The molecule has 0 aliphatic heterocycles. The van der Waals surface area contributed by atoms with Crippen LogP contribution in [0, 0.1) is 0 Å². The maximum Gasteiger partial charge on any atom is 0.407 e. The molecule has 0 radical (unpaired) electrons. The normalized spacial score (nSPS) is 20.5. The molecule has 3 atom stereocenters. The highest BCUT2D eigenvalue weighted by molar-refractivity contribution is 7.85. The lowest BCUT2D eigenvalue weighted by Gasteiger charge is -2.14. The van der Waals surface area contributed by atoms with Gasteiger partial charge in [-0.25, -0.2) is 4.79 Å². The van der Waals surface area contributed by atoms with E-state index in [9.17, 15) is 9.00 Å². The largest absolute Gasteiger partial charge is 0.445 e. The van der Waals surface area contributed by atoms with Crippen LogP contribution in [-0.2, 0) is 22.1 Å². The molecule has 2 aromatic rings. The molecule has 2 aromatic carbocycles. The standard InChI is InChI=1S/C19H19NO3S/c21-19(23-14-15-7-3-1-4-8-15)20-16-11-12-18(13-16)24(22)17-9-5-2-6-10-17/h1-12,16,18H,13-14H2,(H,20,21)/t16-,18+,24?/m1/s1. The molecule has 124 valence electrons. The third-order valence-electron chi connectivity index (χ3n) is 3.81. The minimum Gasteiger partial charge on any atom is -0.445 e. The molecule has 1 N–H and O–H groups in total.